The van der Waals surface area contributed by atoms with Gasteiger partial charge < -0.3 is 10.1 Å². The van der Waals surface area contributed by atoms with E-state index in [1.165, 1.54) is 6.33 Å². The van der Waals surface area contributed by atoms with Crippen molar-refractivity contribution < 1.29 is 9.53 Å². The zero-order valence-electron chi connectivity index (χ0n) is 8.80. The Morgan fingerprint density at radius 3 is 3.19 bits per heavy atom. The molecule has 1 heterocycles. The first kappa shape index (κ1) is 10.4. The Hall–Kier alpha value is -2.17. The molecule has 0 saturated carbocycles. The van der Waals surface area contributed by atoms with Crippen LogP contribution in [0.2, 0.25) is 0 Å². The maximum absolute atomic E-state index is 11.2. The molecule has 0 aliphatic heterocycles. The summed E-state index contributed by atoms with van der Waals surface area (Å²) >= 11 is 0. The van der Waals surface area contributed by atoms with Gasteiger partial charge in [-0.3, -0.25) is 0 Å². The number of carbonyl (C=O) groups excluding carboxylic acids is 1. The highest BCUT2D eigenvalue weighted by Crippen LogP contribution is 2.18. The second-order valence-electron chi connectivity index (χ2n) is 3.16. The van der Waals surface area contributed by atoms with E-state index in [1.54, 1.807) is 24.4 Å². The Labute approximate surface area is 92.5 Å². The van der Waals surface area contributed by atoms with E-state index in [2.05, 4.69) is 15.3 Å². The number of carbonyl (C=O) groups is 1. The van der Waals surface area contributed by atoms with Crippen molar-refractivity contribution in [1.82, 2.24) is 15.3 Å². The number of amides is 1. The van der Waals surface area contributed by atoms with Crippen LogP contribution in [0.25, 0.3) is 10.9 Å². The molecule has 1 N–H and O–H groups in total. The van der Waals surface area contributed by atoms with Crippen LogP contribution in [-0.2, 0) is 0 Å². The zero-order chi connectivity index (χ0) is 11.4. The normalized spacial score (nSPS) is 10.1. The summed E-state index contributed by atoms with van der Waals surface area (Å²) in [6.07, 6.45) is 2.69. The van der Waals surface area contributed by atoms with Gasteiger partial charge >= 0.3 is 6.09 Å². The number of nitrogens with zero attached hydrogens (tertiary/aromatic N) is 2. The molecule has 0 spiro atoms. The number of hydrogen-bond acceptors (Lipinski definition) is 4. The van der Waals surface area contributed by atoms with Gasteiger partial charge in [-0.25, -0.2) is 14.8 Å². The van der Waals surface area contributed by atoms with Crippen LogP contribution in [0.1, 0.15) is 6.92 Å². The quantitative estimate of drug-likeness (QED) is 0.832. The minimum Gasteiger partial charge on any atom is -0.410 e. The number of nitrogens with one attached hydrogen (secondary N) is 1. The second kappa shape index (κ2) is 4.57. The molecule has 0 atom stereocenters. The lowest BCUT2D eigenvalue weighted by Crippen LogP contribution is -2.26. The summed E-state index contributed by atoms with van der Waals surface area (Å²) in [5, 5.41) is 3.39. The molecule has 0 saturated heterocycles. The van der Waals surface area contributed by atoms with E-state index in [9.17, 15) is 4.79 Å². The molecule has 5 nitrogen and oxygen atoms in total. The predicted octanol–water partition coefficient (Wildman–Crippen LogP) is 1.74. The van der Waals surface area contributed by atoms with Gasteiger partial charge in [-0.2, -0.15) is 0 Å². The first-order chi connectivity index (χ1) is 7.79. The van der Waals surface area contributed by atoms with E-state index >= 15 is 0 Å². The van der Waals surface area contributed by atoms with E-state index in [4.69, 9.17) is 4.74 Å². The fourth-order valence-electron chi connectivity index (χ4n) is 1.31. The highest BCUT2D eigenvalue weighted by atomic mass is 16.5. The lowest BCUT2D eigenvalue weighted by atomic mass is 10.2. The molecule has 1 aromatic heterocycles. The summed E-state index contributed by atoms with van der Waals surface area (Å²) in [5.74, 6) is 0.480. The molecule has 0 radical (unpaired) electrons. The summed E-state index contributed by atoms with van der Waals surface area (Å²) in [4.78, 5) is 19.2. The molecule has 2 rings (SSSR count). The van der Waals surface area contributed by atoms with Crippen LogP contribution in [-0.4, -0.2) is 22.6 Å². The van der Waals surface area contributed by atoms with Crippen LogP contribution in [0, 0.1) is 0 Å². The Balaban J connectivity index is 2.22. The summed E-state index contributed by atoms with van der Waals surface area (Å²) in [6, 6.07) is 5.21. The fourth-order valence-corrected chi connectivity index (χ4v) is 1.31. The van der Waals surface area contributed by atoms with Gasteiger partial charge in [0.05, 0.1) is 5.52 Å². The van der Waals surface area contributed by atoms with E-state index in [-0.39, 0.29) is 0 Å². The van der Waals surface area contributed by atoms with Crippen molar-refractivity contribution in [1.29, 1.82) is 0 Å². The maximum atomic E-state index is 11.2. The van der Waals surface area contributed by atoms with Gasteiger partial charge in [0.1, 0.15) is 12.1 Å². The first-order valence-electron chi connectivity index (χ1n) is 4.95. The van der Waals surface area contributed by atoms with Crippen molar-refractivity contribution in [2.24, 2.45) is 0 Å². The standard InChI is InChI=1S/C11H11N3O2/c1-2-13-11(15)16-9-3-4-10-8(5-9)6-12-7-14-10/h3-7H,2H2,1H3,(H,13,15). The molecule has 1 amide bonds. The van der Waals surface area contributed by atoms with E-state index in [0.717, 1.165) is 10.9 Å². The first-order valence-corrected chi connectivity index (χ1v) is 4.95. The predicted molar refractivity (Wildman–Crippen MR) is 59.2 cm³/mol. The number of hydrogen-bond donors (Lipinski definition) is 1. The SMILES string of the molecule is CCNC(=O)Oc1ccc2ncncc2c1. The van der Waals surface area contributed by atoms with Gasteiger partial charge in [0.15, 0.2) is 0 Å². The number of ether oxygens (including phenoxy) is 1. The minimum absolute atomic E-state index is 0.460. The van der Waals surface area contributed by atoms with Crippen LogP contribution in [0.3, 0.4) is 0 Å². The Morgan fingerprint density at radius 1 is 1.50 bits per heavy atom. The minimum atomic E-state index is -0.460. The molecule has 0 unspecified atom stereocenters. The van der Waals surface area contributed by atoms with Crippen molar-refractivity contribution in [3.8, 4) is 5.75 Å². The van der Waals surface area contributed by atoms with Crippen molar-refractivity contribution in [2.45, 2.75) is 6.92 Å². The molecular weight excluding hydrogens is 206 g/mol. The topological polar surface area (TPSA) is 64.1 Å². The summed E-state index contributed by atoms with van der Waals surface area (Å²) in [5.41, 5.74) is 0.818. The average molecular weight is 217 g/mol. The maximum Gasteiger partial charge on any atom is 0.412 e. The fraction of sp³-hybridized carbons (Fsp3) is 0.182. The van der Waals surface area contributed by atoms with Crippen LogP contribution in [0.5, 0.6) is 5.75 Å². The highest BCUT2D eigenvalue weighted by Gasteiger charge is 2.03. The van der Waals surface area contributed by atoms with E-state index < -0.39 is 6.09 Å². The lowest BCUT2D eigenvalue weighted by molar-refractivity contribution is 0.201. The Morgan fingerprint density at radius 2 is 2.38 bits per heavy atom. The molecule has 0 bridgehead atoms. The van der Waals surface area contributed by atoms with Gasteiger partial charge in [-0.1, -0.05) is 0 Å². The van der Waals surface area contributed by atoms with Crippen LogP contribution in [0.15, 0.2) is 30.7 Å². The molecule has 5 heteroatoms. The molecule has 0 aliphatic carbocycles. The van der Waals surface area contributed by atoms with Crippen LogP contribution < -0.4 is 10.1 Å². The molecule has 0 fully saturated rings. The van der Waals surface area contributed by atoms with Gasteiger partial charge in [-0.15, -0.1) is 0 Å². The second-order valence-corrected chi connectivity index (χ2v) is 3.16. The number of benzene rings is 1. The number of fused-ring (bicyclic) bond motifs is 1. The monoisotopic (exact) mass is 217 g/mol. The van der Waals surface area contributed by atoms with E-state index in [1.807, 2.05) is 6.92 Å². The summed E-state index contributed by atoms with van der Waals surface area (Å²) in [6.45, 7) is 2.37. The highest BCUT2D eigenvalue weighted by molar-refractivity contribution is 5.80. The van der Waals surface area contributed by atoms with Crippen molar-refractivity contribution in [3.05, 3.63) is 30.7 Å². The van der Waals surface area contributed by atoms with Crippen molar-refractivity contribution in [3.63, 3.8) is 0 Å². The number of rotatable bonds is 2. The third-order valence-electron chi connectivity index (χ3n) is 2.01. The Kier molecular flexibility index (Phi) is 2.95. The molecule has 82 valence electrons. The largest absolute Gasteiger partial charge is 0.412 e. The van der Waals surface area contributed by atoms with E-state index in [0.29, 0.717) is 12.3 Å². The summed E-state index contributed by atoms with van der Waals surface area (Å²) in [7, 11) is 0. The zero-order valence-corrected chi connectivity index (χ0v) is 8.80. The summed E-state index contributed by atoms with van der Waals surface area (Å²) < 4.78 is 5.06. The van der Waals surface area contributed by atoms with Gasteiger partial charge in [0.25, 0.3) is 0 Å². The third kappa shape index (κ3) is 2.25. The third-order valence-corrected chi connectivity index (χ3v) is 2.01. The van der Waals surface area contributed by atoms with Crippen LogP contribution >= 0.6 is 0 Å². The molecular formula is C11H11N3O2. The Bertz CT molecular complexity index is 513. The molecule has 0 aliphatic rings. The average Bonchev–Trinajstić information content (AvgIpc) is 2.29. The van der Waals surface area contributed by atoms with Crippen LogP contribution in [0.4, 0.5) is 4.79 Å². The van der Waals surface area contributed by atoms with Crippen molar-refractivity contribution >= 4 is 17.0 Å². The van der Waals surface area contributed by atoms with Gasteiger partial charge in [0.2, 0.25) is 0 Å². The molecule has 1 aromatic carbocycles. The number of aromatic nitrogens is 2. The molecule has 16 heavy (non-hydrogen) atoms. The lowest BCUT2D eigenvalue weighted by Gasteiger charge is -2.05. The molecule has 2 aromatic rings. The smallest absolute Gasteiger partial charge is 0.410 e. The van der Waals surface area contributed by atoms with Gasteiger partial charge in [-0.05, 0) is 25.1 Å². The van der Waals surface area contributed by atoms with Gasteiger partial charge in [0, 0.05) is 18.1 Å². The van der Waals surface area contributed by atoms with Crippen molar-refractivity contribution in [2.75, 3.05) is 6.54 Å².